The van der Waals surface area contributed by atoms with Crippen LogP contribution in [0, 0.1) is 10.1 Å². The second-order valence-electron chi connectivity index (χ2n) is 4.07. The van der Waals surface area contributed by atoms with Crippen LogP contribution in [0.3, 0.4) is 0 Å². The smallest absolute Gasteiger partial charge is 0.274 e. The average molecular weight is 258 g/mol. The lowest BCUT2D eigenvalue weighted by Gasteiger charge is -2.05. The molecule has 0 fully saturated rings. The topological polar surface area (TPSA) is 94.1 Å². The van der Waals surface area contributed by atoms with Gasteiger partial charge in [-0.1, -0.05) is 12.1 Å². The lowest BCUT2D eigenvalue weighted by Crippen LogP contribution is -2.06. The van der Waals surface area contributed by atoms with Crippen LogP contribution in [0.5, 0.6) is 0 Å². The lowest BCUT2D eigenvalue weighted by atomic mass is 10.1. The maximum Gasteiger partial charge on any atom is 0.274 e. The first-order valence-corrected chi connectivity index (χ1v) is 5.84. The highest BCUT2D eigenvalue weighted by atomic mass is 16.6. The minimum Gasteiger partial charge on any atom is -0.399 e. The first-order chi connectivity index (χ1) is 9.15. The summed E-state index contributed by atoms with van der Waals surface area (Å²) in [5.74, 6) is 0.504. The molecule has 2 rings (SSSR count). The fourth-order valence-corrected chi connectivity index (χ4v) is 1.65. The lowest BCUT2D eigenvalue weighted by molar-refractivity contribution is -0.384. The predicted octanol–water partition coefficient (Wildman–Crippen LogP) is 2.23. The first kappa shape index (κ1) is 12.8. The Morgan fingerprint density at radius 2 is 2.00 bits per heavy atom. The zero-order valence-electron chi connectivity index (χ0n) is 10.2. The summed E-state index contributed by atoms with van der Waals surface area (Å²) in [4.78, 5) is 14.2. The molecule has 0 aliphatic rings. The molecule has 1 heterocycles. The second kappa shape index (κ2) is 5.81. The van der Waals surface area contributed by atoms with Gasteiger partial charge in [-0.3, -0.25) is 10.1 Å². The third-order valence-corrected chi connectivity index (χ3v) is 2.65. The highest BCUT2D eigenvalue weighted by Gasteiger charge is 2.05. The molecule has 1 aromatic heterocycles. The molecule has 0 aliphatic heterocycles. The molecule has 3 N–H and O–H groups in total. The second-order valence-corrected chi connectivity index (χ2v) is 4.07. The van der Waals surface area contributed by atoms with E-state index in [9.17, 15) is 10.1 Å². The molecule has 0 saturated carbocycles. The average Bonchev–Trinajstić information content (AvgIpc) is 2.41. The van der Waals surface area contributed by atoms with Gasteiger partial charge in [0.25, 0.3) is 5.69 Å². The van der Waals surface area contributed by atoms with Crippen LogP contribution in [-0.4, -0.2) is 16.5 Å². The summed E-state index contributed by atoms with van der Waals surface area (Å²) in [5, 5.41) is 13.7. The largest absolute Gasteiger partial charge is 0.399 e. The molecule has 98 valence electrons. The van der Waals surface area contributed by atoms with Crippen molar-refractivity contribution in [2.45, 2.75) is 6.42 Å². The Hall–Kier alpha value is -2.63. The molecule has 0 atom stereocenters. The Bertz CT molecular complexity index is 569. The van der Waals surface area contributed by atoms with Crippen molar-refractivity contribution < 1.29 is 4.92 Å². The van der Waals surface area contributed by atoms with Crippen molar-refractivity contribution in [3.05, 3.63) is 58.3 Å². The number of nitrogen functional groups attached to an aromatic ring is 1. The number of hydrogen-bond acceptors (Lipinski definition) is 5. The maximum atomic E-state index is 10.6. The Balaban J connectivity index is 1.90. The van der Waals surface area contributed by atoms with Gasteiger partial charge in [-0.2, -0.15) is 0 Å². The van der Waals surface area contributed by atoms with Gasteiger partial charge in [0.1, 0.15) is 5.82 Å². The van der Waals surface area contributed by atoms with Crippen LogP contribution < -0.4 is 11.1 Å². The summed E-state index contributed by atoms with van der Waals surface area (Å²) in [7, 11) is 0. The summed E-state index contributed by atoms with van der Waals surface area (Å²) in [6.45, 7) is 0.651. The number of nitrogens with one attached hydrogen (secondary N) is 1. The molecule has 0 saturated heterocycles. The van der Waals surface area contributed by atoms with Crippen molar-refractivity contribution in [2.75, 3.05) is 17.6 Å². The van der Waals surface area contributed by atoms with Crippen LogP contribution in [0.4, 0.5) is 17.2 Å². The molecule has 0 unspecified atom stereocenters. The molecule has 0 radical (unpaired) electrons. The molecule has 0 amide bonds. The summed E-state index contributed by atoms with van der Waals surface area (Å²) >= 11 is 0. The molecular weight excluding hydrogens is 244 g/mol. The van der Waals surface area contributed by atoms with Gasteiger partial charge in [0.15, 0.2) is 0 Å². The molecule has 1 aromatic carbocycles. The molecule has 19 heavy (non-hydrogen) atoms. The molecule has 0 bridgehead atoms. The van der Waals surface area contributed by atoms with Gasteiger partial charge in [-0.05, 0) is 24.1 Å². The van der Waals surface area contributed by atoms with E-state index in [2.05, 4.69) is 10.3 Å². The van der Waals surface area contributed by atoms with Gasteiger partial charge >= 0.3 is 0 Å². The maximum absolute atomic E-state index is 10.6. The number of pyridine rings is 1. The fourth-order valence-electron chi connectivity index (χ4n) is 1.65. The Morgan fingerprint density at radius 3 is 2.68 bits per heavy atom. The minimum absolute atomic E-state index is 0.0324. The fraction of sp³-hybridized carbons (Fsp3) is 0.154. The molecule has 0 spiro atoms. The zero-order chi connectivity index (χ0) is 13.7. The summed E-state index contributed by atoms with van der Waals surface area (Å²) < 4.78 is 0. The molecule has 0 aliphatic carbocycles. The van der Waals surface area contributed by atoms with Crippen molar-refractivity contribution in [1.29, 1.82) is 0 Å². The van der Waals surface area contributed by atoms with Crippen LogP contribution in [0.2, 0.25) is 0 Å². The number of hydrogen-bond donors (Lipinski definition) is 2. The first-order valence-electron chi connectivity index (χ1n) is 5.84. The van der Waals surface area contributed by atoms with Gasteiger partial charge in [0, 0.05) is 24.5 Å². The SMILES string of the molecule is Nc1ccc(CCNc2cc([N+](=O)[O-])ccn2)cc1. The Labute approximate surface area is 110 Å². The van der Waals surface area contributed by atoms with Gasteiger partial charge < -0.3 is 11.1 Å². The predicted molar refractivity (Wildman–Crippen MR) is 73.9 cm³/mol. The Morgan fingerprint density at radius 1 is 1.26 bits per heavy atom. The highest BCUT2D eigenvalue weighted by molar-refractivity contribution is 5.44. The van der Waals surface area contributed by atoms with Gasteiger partial charge in [-0.25, -0.2) is 4.98 Å². The molecule has 6 nitrogen and oxygen atoms in total. The third kappa shape index (κ3) is 3.67. The van der Waals surface area contributed by atoms with Crippen molar-refractivity contribution in [3.8, 4) is 0 Å². The van der Waals surface area contributed by atoms with E-state index in [1.165, 1.54) is 18.3 Å². The van der Waals surface area contributed by atoms with Crippen LogP contribution in [0.1, 0.15) is 5.56 Å². The van der Waals surface area contributed by atoms with E-state index >= 15 is 0 Å². The number of benzene rings is 1. The molecule has 2 aromatic rings. The van der Waals surface area contributed by atoms with E-state index in [0.29, 0.717) is 12.4 Å². The van der Waals surface area contributed by atoms with Crippen molar-refractivity contribution in [3.63, 3.8) is 0 Å². The molecular formula is C13H14N4O2. The van der Waals surface area contributed by atoms with E-state index < -0.39 is 4.92 Å². The van der Waals surface area contributed by atoms with Gasteiger partial charge in [0.2, 0.25) is 0 Å². The quantitative estimate of drug-likeness (QED) is 0.487. The van der Waals surface area contributed by atoms with Crippen molar-refractivity contribution in [2.24, 2.45) is 0 Å². The zero-order valence-corrected chi connectivity index (χ0v) is 10.2. The summed E-state index contributed by atoms with van der Waals surface area (Å²) in [6.07, 6.45) is 2.22. The van der Waals surface area contributed by atoms with Gasteiger partial charge in [-0.15, -0.1) is 0 Å². The van der Waals surface area contributed by atoms with Crippen LogP contribution >= 0.6 is 0 Å². The van der Waals surface area contributed by atoms with E-state index in [-0.39, 0.29) is 5.69 Å². The van der Waals surface area contributed by atoms with E-state index in [0.717, 1.165) is 17.7 Å². The standard InChI is InChI=1S/C13H14N4O2/c14-11-3-1-10(2-4-11)5-7-15-13-9-12(17(18)19)6-8-16-13/h1-4,6,8-9H,5,7,14H2,(H,15,16). The number of nitrogens with two attached hydrogens (primary N) is 1. The van der Waals surface area contributed by atoms with E-state index in [4.69, 9.17) is 5.73 Å². The minimum atomic E-state index is -0.438. The molecule has 6 heteroatoms. The number of nitro groups is 1. The van der Waals surface area contributed by atoms with E-state index in [1.807, 2.05) is 24.3 Å². The highest BCUT2D eigenvalue weighted by Crippen LogP contribution is 2.14. The summed E-state index contributed by atoms with van der Waals surface area (Å²) in [5.41, 5.74) is 7.51. The van der Waals surface area contributed by atoms with Crippen molar-refractivity contribution >= 4 is 17.2 Å². The number of nitrogens with zero attached hydrogens (tertiary/aromatic N) is 2. The van der Waals surface area contributed by atoms with E-state index in [1.54, 1.807) is 0 Å². The monoisotopic (exact) mass is 258 g/mol. The Kier molecular flexibility index (Phi) is 3.92. The third-order valence-electron chi connectivity index (χ3n) is 2.65. The normalized spacial score (nSPS) is 10.1. The van der Waals surface area contributed by atoms with Gasteiger partial charge in [0.05, 0.1) is 11.0 Å². The van der Waals surface area contributed by atoms with Crippen LogP contribution in [0.25, 0.3) is 0 Å². The van der Waals surface area contributed by atoms with Crippen molar-refractivity contribution in [1.82, 2.24) is 4.98 Å². The number of aromatic nitrogens is 1. The number of rotatable bonds is 5. The van der Waals surface area contributed by atoms with Crippen LogP contribution in [0.15, 0.2) is 42.6 Å². The van der Waals surface area contributed by atoms with Crippen LogP contribution in [-0.2, 0) is 6.42 Å². The number of anilines is 2. The summed E-state index contributed by atoms with van der Waals surface area (Å²) in [6, 6.07) is 10.4.